The lowest BCUT2D eigenvalue weighted by molar-refractivity contribution is 0.210. The minimum atomic E-state index is -3.23. The van der Waals surface area contributed by atoms with Gasteiger partial charge in [-0.05, 0) is 19.8 Å². The summed E-state index contributed by atoms with van der Waals surface area (Å²) in [5.74, 6) is 1.27. The first-order chi connectivity index (χ1) is 9.91. The van der Waals surface area contributed by atoms with Gasteiger partial charge in [-0.1, -0.05) is 0 Å². The number of ether oxygens (including phenoxy) is 1. The molecule has 0 aliphatic carbocycles. The van der Waals surface area contributed by atoms with Gasteiger partial charge in [0.15, 0.2) is 0 Å². The van der Waals surface area contributed by atoms with Gasteiger partial charge in [-0.25, -0.2) is 18.4 Å². The third-order valence-electron chi connectivity index (χ3n) is 3.41. The van der Waals surface area contributed by atoms with Gasteiger partial charge in [0.05, 0.1) is 18.9 Å². The van der Waals surface area contributed by atoms with Crippen LogP contribution in [-0.2, 0) is 14.8 Å². The molecule has 0 radical (unpaired) electrons. The molecule has 0 aromatic carbocycles. The van der Waals surface area contributed by atoms with Crippen molar-refractivity contribution in [2.45, 2.75) is 25.8 Å². The zero-order valence-electron chi connectivity index (χ0n) is 12.7. The van der Waals surface area contributed by atoms with Crippen LogP contribution in [0.1, 0.15) is 30.4 Å². The third kappa shape index (κ3) is 4.12. The molecule has 1 fully saturated rings. The van der Waals surface area contributed by atoms with Gasteiger partial charge >= 0.3 is 0 Å². The molecule has 0 spiro atoms. The Hall–Kier alpha value is -1.25. The molecule has 0 unspecified atom stereocenters. The van der Waals surface area contributed by atoms with Gasteiger partial charge < -0.3 is 10.1 Å². The lowest BCUT2D eigenvalue weighted by Crippen LogP contribution is -2.30. The number of hydrogen-bond acceptors (Lipinski definition) is 6. The maximum absolute atomic E-state index is 11.8. The highest BCUT2D eigenvalue weighted by Gasteiger charge is 2.34. The SMILES string of the molecule is COCCNc1cc(C)nc([C@H]2CCCN2S(C)(=O)=O)n1. The number of hydrogen-bond donors (Lipinski definition) is 1. The predicted molar refractivity (Wildman–Crippen MR) is 80.7 cm³/mol. The van der Waals surface area contributed by atoms with Crippen LogP contribution in [0.4, 0.5) is 5.82 Å². The second-order valence-electron chi connectivity index (χ2n) is 5.20. The second kappa shape index (κ2) is 6.67. The number of anilines is 1. The summed E-state index contributed by atoms with van der Waals surface area (Å²) in [5, 5.41) is 3.16. The Labute approximate surface area is 125 Å². The first kappa shape index (κ1) is 16.1. The molecule has 2 heterocycles. The molecule has 8 heteroatoms. The van der Waals surface area contributed by atoms with Gasteiger partial charge in [0.2, 0.25) is 10.0 Å². The van der Waals surface area contributed by atoms with E-state index in [0.717, 1.165) is 18.5 Å². The highest BCUT2D eigenvalue weighted by Crippen LogP contribution is 2.32. The zero-order valence-corrected chi connectivity index (χ0v) is 13.5. The van der Waals surface area contributed by atoms with Gasteiger partial charge in [-0.3, -0.25) is 0 Å². The van der Waals surface area contributed by atoms with E-state index in [1.54, 1.807) is 7.11 Å². The lowest BCUT2D eigenvalue weighted by Gasteiger charge is -2.21. The fourth-order valence-electron chi connectivity index (χ4n) is 2.51. The molecule has 2 rings (SSSR count). The molecular weight excluding hydrogens is 292 g/mol. The summed E-state index contributed by atoms with van der Waals surface area (Å²) in [6.07, 6.45) is 2.83. The van der Waals surface area contributed by atoms with Crippen molar-refractivity contribution in [3.05, 3.63) is 17.6 Å². The Kier molecular flexibility index (Phi) is 5.13. The summed E-state index contributed by atoms with van der Waals surface area (Å²) in [6.45, 7) is 3.64. The Morgan fingerprint density at radius 2 is 2.24 bits per heavy atom. The van der Waals surface area contributed by atoms with E-state index in [1.807, 2.05) is 13.0 Å². The van der Waals surface area contributed by atoms with Crippen molar-refractivity contribution in [3.63, 3.8) is 0 Å². The average molecular weight is 314 g/mol. The van der Waals surface area contributed by atoms with Gasteiger partial charge in [0, 0.05) is 32.0 Å². The van der Waals surface area contributed by atoms with Gasteiger partial charge in [0.1, 0.15) is 11.6 Å². The Bertz CT molecular complexity index is 591. The molecule has 21 heavy (non-hydrogen) atoms. The first-order valence-corrected chi connectivity index (χ1v) is 8.82. The summed E-state index contributed by atoms with van der Waals surface area (Å²) < 4.78 is 30.2. The molecule has 0 amide bonds. The van der Waals surface area contributed by atoms with Crippen LogP contribution in [0, 0.1) is 6.92 Å². The van der Waals surface area contributed by atoms with E-state index >= 15 is 0 Å². The van der Waals surface area contributed by atoms with Crippen molar-refractivity contribution in [2.75, 3.05) is 38.4 Å². The Balaban J connectivity index is 2.22. The van der Waals surface area contributed by atoms with Gasteiger partial charge in [0.25, 0.3) is 0 Å². The van der Waals surface area contributed by atoms with E-state index in [2.05, 4.69) is 15.3 Å². The van der Waals surface area contributed by atoms with Crippen molar-refractivity contribution < 1.29 is 13.2 Å². The fraction of sp³-hybridized carbons (Fsp3) is 0.692. The Morgan fingerprint density at radius 1 is 1.48 bits per heavy atom. The van der Waals surface area contributed by atoms with Crippen LogP contribution in [0.5, 0.6) is 0 Å². The van der Waals surface area contributed by atoms with Crippen molar-refractivity contribution in [1.29, 1.82) is 0 Å². The minimum absolute atomic E-state index is 0.261. The van der Waals surface area contributed by atoms with Crippen LogP contribution >= 0.6 is 0 Å². The fourth-order valence-corrected chi connectivity index (χ4v) is 3.63. The minimum Gasteiger partial charge on any atom is -0.383 e. The molecule has 1 atom stereocenters. The normalized spacial score (nSPS) is 19.9. The van der Waals surface area contributed by atoms with Crippen molar-refractivity contribution in [3.8, 4) is 0 Å². The molecule has 1 saturated heterocycles. The molecule has 1 N–H and O–H groups in total. The number of aromatic nitrogens is 2. The van der Waals surface area contributed by atoms with E-state index in [-0.39, 0.29) is 6.04 Å². The lowest BCUT2D eigenvalue weighted by atomic mass is 10.2. The standard InChI is InChI=1S/C13H22N4O3S/c1-10-9-12(14-6-8-20-2)16-13(15-10)11-5-4-7-17(11)21(3,18)19/h9,11H,4-8H2,1-3H3,(H,14,15,16)/t11-/m1/s1. The topological polar surface area (TPSA) is 84.4 Å². The van der Waals surface area contributed by atoms with Crippen LogP contribution in [0.2, 0.25) is 0 Å². The number of nitrogens with zero attached hydrogens (tertiary/aromatic N) is 3. The summed E-state index contributed by atoms with van der Waals surface area (Å²) in [6, 6.07) is 1.58. The van der Waals surface area contributed by atoms with E-state index in [4.69, 9.17) is 4.74 Å². The molecule has 7 nitrogen and oxygen atoms in total. The molecular formula is C13H22N4O3S. The quantitative estimate of drug-likeness (QED) is 0.787. The molecule has 0 saturated carbocycles. The van der Waals surface area contributed by atoms with Crippen molar-refractivity contribution in [2.24, 2.45) is 0 Å². The van der Waals surface area contributed by atoms with Crippen molar-refractivity contribution >= 4 is 15.8 Å². The Morgan fingerprint density at radius 3 is 2.90 bits per heavy atom. The smallest absolute Gasteiger partial charge is 0.211 e. The van der Waals surface area contributed by atoms with Crippen LogP contribution in [0.3, 0.4) is 0 Å². The summed E-state index contributed by atoms with van der Waals surface area (Å²) in [5.41, 5.74) is 0.820. The molecule has 1 aromatic rings. The third-order valence-corrected chi connectivity index (χ3v) is 4.70. The molecule has 0 bridgehead atoms. The highest BCUT2D eigenvalue weighted by molar-refractivity contribution is 7.88. The molecule has 118 valence electrons. The van der Waals surface area contributed by atoms with Gasteiger partial charge in [-0.2, -0.15) is 4.31 Å². The van der Waals surface area contributed by atoms with E-state index < -0.39 is 10.0 Å². The maximum atomic E-state index is 11.8. The van der Waals surface area contributed by atoms with Crippen LogP contribution in [0.25, 0.3) is 0 Å². The van der Waals surface area contributed by atoms with Crippen molar-refractivity contribution in [1.82, 2.24) is 14.3 Å². The predicted octanol–water partition coefficient (Wildman–Crippen LogP) is 0.940. The largest absolute Gasteiger partial charge is 0.383 e. The first-order valence-electron chi connectivity index (χ1n) is 6.97. The zero-order chi connectivity index (χ0) is 15.5. The number of sulfonamides is 1. The van der Waals surface area contributed by atoms with Gasteiger partial charge in [-0.15, -0.1) is 0 Å². The van der Waals surface area contributed by atoms with E-state index in [1.165, 1.54) is 10.6 Å². The number of methoxy groups -OCH3 is 1. The summed E-state index contributed by atoms with van der Waals surface area (Å²) in [4.78, 5) is 8.89. The summed E-state index contributed by atoms with van der Waals surface area (Å²) >= 11 is 0. The maximum Gasteiger partial charge on any atom is 0.211 e. The highest BCUT2D eigenvalue weighted by atomic mass is 32.2. The van der Waals surface area contributed by atoms with Crippen LogP contribution in [-0.4, -0.2) is 55.8 Å². The van der Waals surface area contributed by atoms with Crippen LogP contribution < -0.4 is 5.32 Å². The molecule has 1 aliphatic rings. The average Bonchev–Trinajstić information content (AvgIpc) is 2.87. The second-order valence-corrected chi connectivity index (χ2v) is 7.14. The molecule has 1 aliphatic heterocycles. The van der Waals surface area contributed by atoms with Crippen LogP contribution in [0.15, 0.2) is 6.07 Å². The number of aryl methyl sites for hydroxylation is 1. The number of rotatable bonds is 6. The molecule has 1 aromatic heterocycles. The van der Waals surface area contributed by atoms with E-state index in [9.17, 15) is 8.42 Å². The monoisotopic (exact) mass is 314 g/mol. The van der Waals surface area contributed by atoms with E-state index in [0.29, 0.717) is 31.3 Å². The summed E-state index contributed by atoms with van der Waals surface area (Å²) in [7, 11) is -1.59. The number of nitrogens with one attached hydrogen (secondary N) is 1.